The Hall–Kier alpha value is -0.299. The SMILES string of the molecule is [CH2]=[Ti]([CH3])([Cl])([Cl])([NH]C(C)(C)C)([O]CO[Si](C)(C)C)[CH]1c2ccccc2-c2ccccc21. The van der Waals surface area contributed by atoms with E-state index in [0.29, 0.717) is 0 Å². The minimum atomic E-state index is -6.34. The second-order valence-corrected chi connectivity index (χ2v) is 40.5. The summed E-state index contributed by atoms with van der Waals surface area (Å²) in [5.74, 6) is 0. The molecule has 0 amide bonds. The summed E-state index contributed by atoms with van der Waals surface area (Å²) in [4.78, 5) is 4.66. The Morgan fingerprint density at radius 2 is 1.40 bits per heavy atom. The van der Waals surface area contributed by atoms with Crippen molar-refractivity contribution in [1.82, 2.24) is 3.80 Å². The van der Waals surface area contributed by atoms with E-state index in [2.05, 4.69) is 52.5 Å². The van der Waals surface area contributed by atoms with Crippen molar-refractivity contribution in [3.8, 4) is 11.1 Å². The third-order valence-electron chi connectivity index (χ3n) is 5.67. The summed E-state index contributed by atoms with van der Waals surface area (Å²) < 4.78 is 15.9. The van der Waals surface area contributed by atoms with Crippen LogP contribution in [-0.2, 0) is 18.5 Å². The zero-order chi connectivity index (χ0) is 22.7. The summed E-state index contributed by atoms with van der Waals surface area (Å²) in [7, 11) is 7.42. The van der Waals surface area contributed by atoms with E-state index in [9.17, 15) is 0 Å². The molecule has 1 aliphatic rings. The van der Waals surface area contributed by atoms with Gasteiger partial charge >= 0.3 is 187 Å². The van der Waals surface area contributed by atoms with Gasteiger partial charge in [-0.15, -0.1) is 0 Å². The first-order chi connectivity index (χ1) is 13.3. The topological polar surface area (TPSA) is 30.5 Å². The van der Waals surface area contributed by atoms with Crippen LogP contribution in [0.1, 0.15) is 36.1 Å². The van der Waals surface area contributed by atoms with Gasteiger partial charge < -0.3 is 0 Å². The molecule has 1 N–H and O–H groups in total. The van der Waals surface area contributed by atoms with Gasteiger partial charge in [0.25, 0.3) is 0 Å². The number of halogens is 2. The molecule has 1 aliphatic carbocycles. The molecule has 0 radical (unpaired) electrons. The van der Waals surface area contributed by atoms with E-state index in [1.807, 2.05) is 50.3 Å². The molecule has 7 heteroatoms. The number of hydrogen-bond donors (Lipinski definition) is 1. The van der Waals surface area contributed by atoms with Crippen LogP contribution in [0.25, 0.3) is 11.1 Å². The minimum absolute atomic E-state index is 0.0113. The second-order valence-electron chi connectivity index (χ2n) is 11.8. The Kier molecular flexibility index (Phi) is 5.01. The van der Waals surface area contributed by atoms with Gasteiger partial charge in [-0.25, -0.2) is 0 Å². The van der Waals surface area contributed by atoms with Gasteiger partial charge in [0.2, 0.25) is 0 Å². The van der Waals surface area contributed by atoms with E-state index in [4.69, 9.17) is 26.4 Å². The van der Waals surface area contributed by atoms with Crippen molar-refractivity contribution in [2.75, 3.05) is 6.79 Å². The maximum atomic E-state index is 7.82. The number of rotatable bonds is 6. The number of benzene rings is 2. The van der Waals surface area contributed by atoms with Crippen LogP contribution in [0, 0.1) is 0 Å². The Balaban J connectivity index is 2.33. The third-order valence-corrected chi connectivity index (χ3v) is 18.4. The van der Waals surface area contributed by atoms with Gasteiger partial charge in [0, 0.05) is 0 Å². The Labute approximate surface area is 186 Å². The molecule has 0 aliphatic heterocycles. The van der Waals surface area contributed by atoms with Crippen molar-refractivity contribution in [2.24, 2.45) is 0 Å². The summed E-state index contributed by atoms with van der Waals surface area (Å²) in [5, 5.41) is 1.82. The average Bonchev–Trinajstić information content (AvgIpc) is 2.86. The molecule has 0 bridgehead atoms. The first kappa shape index (κ1) is 24.3. The fraction of sp³-hybridized carbons (Fsp3) is 0.435. The quantitative estimate of drug-likeness (QED) is 0.330. The zero-order valence-corrected chi connectivity index (χ0v) is 23.3. The molecular formula is C23H35Cl2NO2SiTi. The summed E-state index contributed by atoms with van der Waals surface area (Å²) in [6, 6.07) is 16.5. The molecule has 0 saturated heterocycles. The summed E-state index contributed by atoms with van der Waals surface area (Å²) in [6.07, 6.45) is 0. The van der Waals surface area contributed by atoms with Crippen molar-refractivity contribution in [2.45, 2.75) is 55.4 Å². The standard InChI is InChI=1S/C13H9.C4H10N.C4H11O2Si.CH3.CH2.2ClH.Ti/c1-3-7-12-10(5-1)9-11-6-2-4-8-13(11)12;1-4(2,3)5;1-7(2,3)6-4-5;;;;;/h1-9H;5H,1-3H3;4H2,1-3H3;1H3;1H2;2*1H;/q;2*-1;;;;;+4/p-2. The normalized spacial score (nSPS) is 18.6. The number of fused-ring (bicyclic) bond motifs is 3. The molecule has 0 spiro atoms. The zero-order valence-electron chi connectivity index (χ0n) is 19.2. The van der Waals surface area contributed by atoms with E-state index in [0.717, 1.165) is 22.3 Å². The molecular weight excluding hydrogens is 469 g/mol. The third kappa shape index (κ3) is 4.58. The van der Waals surface area contributed by atoms with Gasteiger partial charge in [-0.2, -0.15) is 0 Å². The Morgan fingerprint density at radius 1 is 0.967 bits per heavy atom. The summed E-state index contributed by atoms with van der Waals surface area (Å²) in [5.41, 5.74) is 3.83. The summed E-state index contributed by atoms with van der Waals surface area (Å²) in [6.45, 7) is 12.4. The van der Waals surface area contributed by atoms with Crippen LogP contribution in [0.3, 0.4) is 0 Å². The molecule has 0 heterocycles. The molecule has 3 rings (SSSR count). The van der Waals surface area contributed by atoms with Gasteiger partial charge in [-0.3, -0.25) is 0 Å². The van der Waals surface area contributed by atoms with Crippen molar-refractivity contribution in [1.29, 1.82) is 0 Å². The molecule has 166 valence electrons. The fourth-order valence-corrected chi connectivity index (χ4v) is 19.8. The predicted molar refractivity (Wildman–Crippen MR) is 132 cm³/mol. The van der Waals surface area contributed by atoms with Crippen LogP contribution in [-0.4, -0.2) is 25.5 Å². The average molecular weight is 504 g/mol. The fourth-order valence-electron chi connectivity index (χ4n) is 5.10. The molecule has 0 fully saturated rings. The molecule has 0 unspecified atom stereocenters. The van der Waals surface area contributed by atoms with Gasteiger partial charge in [-0.05, 0) is 0 Å². The van der Waals surface area contributed by atoms with E-state index in [-0.39, 0.29) is 6.79 Å². The van der Waals surface area contributed by atoms with Crippen LogP contribution < -0.4 is 3.80 Å². The van der Waals surface area contributed by atoms with Crippen LogP contribution in [0.4, 0.5) is 0 Å². The molecule has 30 heavy (non-hydrogen) atoms. The molecule has 0 aromatic heterocycles. The van der Waals surface area contributed by atoms with Gasteiger partial charge in [0.15, 0.2) is 0 Å². The van der Waals surface area contributed by atoms with Crippen molar-refractivity contribution in [3.05, 3.63) is 59.7 Å². The van der Waals surface area contributed by atoms with Crippen LogP contribution in [0.2, 0.25) is 24.9 Å². The van der Waals surface area contributed by atoms with Gasteiger partial charge in [0.1, 0.15) is 0 Å². The summed E-state index contributed by atoms with van der Waals surface area (Å²) >= 11 is 0. The first-order valence-electron chi connectivity index (χ1n) is 10.5. The van der Waals surface area contributed by atoms with Gasteiger partial charge in [0.05, 0.1) is 0 Å². The molecule has 2 aromatic rings. The van der Waals surface area contributed by atoms with Gasteiger partial charge in [-0.1, -0.05) is 0 Å². The van der Waals surface area contributed by atoms with Crippen LogP contribution >= 0.6 is 18.6 Å². The van der Waals surface area contributed by atoms with Crippen LogP contribution in [0.15, 0.2) is 48.5 Å². The first-order valence-corrected chi connectivity index (χ1v) is 23.2. The van der Waals surface area contributed by atoms with E-state index in [1.54, 1.807) is 0 Å². The van der Waals surface area contributed by atoms with Crippen LogP contribution in [0.5, 0.6) is 0 Å². The monoisotopic (exact) mass is 503 g/mol. The number of nitrogens with one attached hydrogen (secondary N) is 1. The second kappa shape index (κ2) is 6.18. The predicted octanol–water partition coefficient (Wildman–Crippen LogP) is 7.35. The van der Waals surface area contributed by atoms with Crippen molar-refractivity contribution in [3.63, 3.8) is 0 Å². The van der Waals surface area contributed by atoms with E-state index in [1.165, 1.54) is 0 Å². The molecule has 0 atom stereocenters. The molecule has 3 nitrogen and oxygen atoms in total. The molecule has 2 aromatic carbocycles. The Bertz CT molecular complexity index is 1080. The Morgan fingerprint density at radius 3 is 1.80 bits per heavy atom. The van der Waals surface area contributed by atoms with Crippen molar-refractivity contribution < 1.29 is 18.5 Å². The maximum absolute atomic E-state index is 7.82. The van der Waals surface area contributed by atoms with E-state index < -0.39 is 28.9 Å². The van der Waals surface area contributed by atoms with E-state index >= 15 is 0 Å². The number of hydrogen-bond acceptors (Lipinski definition) is 3. The van der Waals surface area contributed by atoms with Crippen molar-refractivity contribution >= 4 is 31.7 Å². The molecule has 0 saturated carbocycles.